The van der Waals surface area contributed by atoms with Crippen LogP contribution in [0.1, 0.15) is 32.8 Å². The fraction of sp³-hybridized carbons (Fsp3) is 0.500. The number of nitrogens with zero attached hydrogens (tertiary/aromatic N) is 4. The number of nitrogen functional groups attached to an aromatic ring is 1. The third kappa shape index (κ3) is 4.83. The summed E-state index contributed by atoms with van der Waals surface area (Å²) >= 11 is 2.04. The van der Waals surface area contributed by atoms with E-state index in [1.165, 1.54) is 23.5 Å². The summed E-state index contributed by atoms with van der Waals surface area (Å²) in [5.74, 6) is 2.45. The Hall–Kier alpha value is -2.25. The van der Waals surface area contributed by atoms with E-state index in [0.29, 0.717) is 17.9 Å². The largest absolute Gasteiger partial charge is 0.398 e. The van der Waals surface area contributed by atoms with Crippen molar-refractivity contribution in [2.75, 3.05) is 30.3 Å². The van der Waals surface area contributed by atoms with Gasteiger partial charge in [0.05, 0.1) is 11.2 Å². The minimum atomic E-state index is -0.0321. The second-order valence-electron chi connectivity index (χ2n) is 9.69. The van der Waals surface area contributed by atoms with Gasteiger partial charge in [-0.25, -0.2) is 9.78 Å². The van der Waals surface area contributed by atoms with Gasteiger partial charge in [-0.1, -0.05) is 26.8 Å². The Balaban J connectivity index is 1.70. The molecule has 0 atom stereocenters. The van der Waals surface area contributed by atoms with Crippen LogP contribution in [0.2, 0.25) is 0 Å². The lowest BCUT2D eigenvalue weighted by Crippen LogP contribution is -2.27. The van der Waals surface area contributed by atoms with Crippen LogP contribution in [-0.4, -0.2) is 43.6 Å². The maximum atomic E-state index is 12.8. The van der Waals surface area contributed by atoms with Gasteiger partial charge in [0.15, 0.2) is 5.65 Å². The van der Waals surface area contributed by atoms with Crippen molar-refractivity contribution in [3.8, 4) is 11.3 Å². The molecular formula is C24H33N5OS. The third-order valence-electron chi connectivity index (χ3n) is 5.73. The summed E-state index contributed by atoms with van der Waals surface area (Å²) in [4.78, 5) is 20.2. The Labute approximate surface area is 188 Å². The summed E-state index contributed by atoms with van der Waals surface area (Å²) in [5.41, 5.74) is 11.6. The van der Waals surface area contributed by atoms with Crippen molar-refractivity contribution in [1.82, 2.24) is 19.0 Å². The van der Waals surface area contributed by atoms with E-state index < -0.39 is 0 Å². The van der Waals surface area contributed by atoms with E-state index in [4.69, 9.17) is 10.7 Å². The molecule has 0 amide bonds. The van der Waals surface area contributed by atoms with E-state index in [9.17, 15) is 4.79 Å². The second-order valence-corrected chi connectivity index (χ2v) is 10.9. The summed E-state index contributed by atoms with van der Waals surface area (Å²) < 4.78 is 3.46. The fourth-order valence-corrected chi connectivity index (χ4v) is 5.11. The number of hydrogen-bond donors (Lipinski definition) is 1. The highest BCUT2D eigenvalue weighted by Gasteiger charge is 2.19. The maximum Gasteiger partial charge on any atom is 0.330 e. The monoisotopic (exact) mass is 439 g/mol. The van der Waals surface area contributed by atoms with Crippen molar-refractivity contribution < 1.29 is 0 Å². The molecule has 4 rings (SSSR count). The molecule has 0 spiro atoms. The molecule has 0 bridgehead atoms. The first-order chi connectivity index (χ1) is 14.7. The molecule has 3 heterocycles. The molecule has 6 nitrogen and oxygen atoms in total. The van der Waals surface area contributed by atoms with Crippen LogP contribution in [0.3, 0.4) is 0 Å². The number of pyridine rings is 1. The molecule has 31 heavy (non-hydrogen) atoms. The van der Waals surface area contributed by atoms with Gasteiger partial charge in [0.1, 0.15) is 0 Å². The molecule has 1 aliphatic rings. The Morgan fingerprint density at radius 1 is 1.13 bits per heavy atom. The zero-order valence-corrected chi connectivity index (χ0v) is 19.8. The number of imidazole rings is 1. The molecule has 1 aliphatic heterocycles. The number of thioether (sulfide) groups is 1. The van der Waals surface area contributed by atoms with Gasteiger partial charge in [-0.3, -0.25) is 14.0 Å². The van der Waals surface area contributed by atoms with Crippen molar-refractivity contribution in [3.63, 3.8) is 0 Å². The average Bonchev–Trinajstić information content (AvgIpc) is 2.90. The lowest BCUT2D eigenvalue weighted by molar-refractivity contribution is 0.287. The molecule has 0 saturated carbocycles. The smallest absolute Gasteiger partial charge is 0.330 e. The predicted octanol–water partition coefficient (Wildman–Crippen LogP) is 3.97. The lowest BCUT2D eigenvalue weighted by Gasteiger charge is -2.20. The van der Waals surface area contributed by atoms with Crippen molar-refractivity contribution in [3.05, 3.63) is 46.4 Å². The molecule has 7 heteroatoms. The van der Waals surface area contributed by atoms with Gasteiger partial charge in [-0.2, -0.15) is 11.8 Å². The highest BCUT2D eigenvalue weighted by Crippen LogP contribution is 2.28. The topological polar surface area (TPSA) is 69.1 Å². The summed E-state index contributed by atoms with van der Waals surface area (Å²) in [7, 11) is 1.79. The minimum Gasteiger partial charge on any atom is -0.398 e. The second kappa shape index (κ2) is 8.71. The Morgan fingerprint density at radius 3 is 2.71 bits per heavy atom. The van der Waals surface area contributed by atoms with Crippen LogP contribution in [-0.2, 0) is 20.1 Å². The molecular weight excluding hydrogens is 406 g/mol. The minimum absolute atomic E-state index is 0.00137. The number of rotatable bonds is 4. The van der Waals surface area contributed by atoms with Gasteiger partial charge in [-0.05, 0) is 54.0 Å². The molecule has 0 unspecified atom stereocenters. The molecule has 1 saturated heterocycles. The van der Waals surface area contributed by atoms with E-state index in [2.05, 4.69) is 37.8 Å². The van der Waals surface area contributed by atoms with E-state index in [-0.39, 0.29) is 11.1 Å². The number of benzene rings is 1. The van der Waals surface area contributed by atoms with Crippen molar-refractivity contribution >= 4 is 28.6 Å². The van der Waals surface area contributed by atoms with Crippen LogP contribution >= 0.6 is 11.8 Å². The molecule has 0 radical (unpaired) electrons. The molecule has 166 valence electrons. The van der Waals surface area contributed by atoms with Crippen LogP contribution in [0.5, 0.6) is 0 Å². The van der Waals surface area contributed by atoms with E-state index in [1.54, 1.807) is 11.6 Å². The van der Waals surface area contributed by atoms with Gasteiger partial charge >= 0.3 is 5.69 Å². The van der Waals surface area contributed by atoms with Gasteiger partial charge in [0.25, 0.3) is 0 Å². The Bertz CT molecular complexity index is 1130. The summed E-state index contributed by atoms with van der Waals surface area (Å²) in [6.07, 6.45) is 1.24. The summed E-state index contributed by atoms with van der Waals surface area (Å²) in [6.45, 7) is 10.2. The van der Waals surface area contributed by atoms with Crippen molar-refractivity contribution in [2.24, 2.45) is 12.5 Å². The highest BCUT2D eigenvalue weighted by molar-refractivity contribution is 7.99. The number of hydrogen-bond acceptors (Lipinski definition) is 5. The van der Waals surface area contributed by atoms with Crippen LogP contribution < -0.4 is 11.4 Å². The van der Waals surface area contributed by atoms with Crippen molar-refractivity contribution in [2.45, 2.75) is 40.3 Å². The van der Waals surface area contributed by atoms with Crippen molar-refractivity contribution in [1.29, 1.82) is 0 Å². The molecule has 2 N–H and O–H groups in total. The van der Waals surface area contributed by atoms with Crippen LogP contribution in [0.4, 0.5) is 5.69 Å². The average molecular weight is 440 g/mol. The molecule has 0 aliphatic carbocycles. The van der Waals surface area contributed by atoms with Gasteiger partial charge in [0, 0.05) is 43.7 Å². The zero-order chi connectivity index (χ0) is 22.2. The Kier molecular flexibility index (Phi) is 6.17. The van der Waals surface area contributed by atoms with Crippen LogP contribution in [0.15, 0.2) is 35.1 Å². The molecule has 3 aromatic rings. The number of aryl methyl sites for hydroxylation is 1. The first-order valence-corrected chi connectivity index (χ1v) is 12.1. The third-order valence-corrected chi connectivity index (χ3v) is 6.78. The quantitative estimate of drug-likeness (QED) is 0.623. The Morgan fingerprint density at radius 2 is 1.94 bits per heavy atom. The lowest BCUT2D eigenvalue weighted by atomic mass is 9.97. The number of fused-ring (bicyclic) bond motifs is 1. The maximum absolute atomic E-state index is 12.8. The van der Waals surface area contributed by atoms with E-state index >= 15 is 0 Å². The fourth-order valence-electron chi connectivity index (χ4n) is 4.19. The predicted molar refractivity (Wildman–Crippen MR) is 131 cm³/mol. The normalized spacial score (nSPS) is 16.0. The standard InChI is InChI=1S/C24H33N5OS/c1-24(2,3)16-29-21-9-8-20(26-22(21)27(4)23(29)30)18-14-17(6-7-19(18)25)15-28-10-5-12-31-13-11-28/h6-9,14H,5,10-13,15-16,25H2,1-4H3. The van der Waals surface area contributed by atoms with Gasteiger partial charge < -0.3 is 5.73 Å². The summed E-state index contributed by atoms with van der Waals surface area (Å²) in [5, 5.41) is 0. The highest BCUT2D eigenvalue weighted by atomic mass is 32.2. The first-order valence-electron chi connectivity index (χ1n) is 11.0. The summed E-state index contributed by atoms with van der Waals surface area (Å²) in [6, 6.07) is 10.2. The van der Waals surface area contributed by atoms with Crippen LogP contribution in [0, 0.1) is 5.41 Å². The first kappa shape index (κ1) is 22.0. The van der Waals surface area contributed by atoms with Gasteiger partial charge in [-0.15, -0.1) is 0 Å². The van der Waals surface area contributed by atoms with Crippen LogP contribution in [0.25, 0.3) is 22.4 Å². The molecule has 2 aromatic heterocycles. The number of anilines is 1. The van der Waals surface area contributed by atoms with Gasteiger partial charge in [0.2, 0.25) is 0 Å². The van der Waals surface area contributed by atoms with E-state index in [1.807, 2.05) is 34.5 Å². The number of nitrogens with two attached hydrogens (primary N) is 1. The van der Waals surface area contributed by atoms with E-state index in [0.717, 1.165) is 36.4 Å². The molecule has 1 fully saturated rings. The molecule has 1 aromatic carbocycles. The zero-order valence-electron chi connectivity index (χ0n) is 19.0. The number of aromatic nitrogens is 3. The SMILES string of the molecule is Cn1c(=O)n(CC(C)(C)C)c2ccc(-c3cc(CN4CCCSCC4)ccc3N)nc21.